The highest BCUT2D eigenvalue weighted by molar-refractivity contribution is 7.15. The SMILES string of the molecule is COc1ccc(NC(=O)c2cccc(NCc3cnc(Cl)s3)c2)cc1. The van der Waals surface area contributed by atoms with Crippen LogP contribution in [-0.2, 0) is 6.54 Å². The first-order valence-corrected chi connectivity index (χ1v) is 8.73. The van der Waals surface area contributed by atoms with Gasteiger partial charge in [-0.05, 0) is 42.5 Å². The third kappa shape index (κ3) is 4.71. The fourth-order valence-corrected chi connectivity index (χ4v) is 3.12. The molecule has 0 fully saturated rings. The van der Waals surface area contributed by atoms with Crippen molar-refractivity contribution in [2.24, 2.45) is 0 Å². The number of methoxy groups -OCH3 is 1. The van der Waals surface area contributed by atoms with Gasteiger partial charge in [0.25, 0.3) is 5.91 Å². The van der Waals surface area contributed by atoms with E-state index < -0.39 is 0 Å². The minimum Gasteiger partial charge on any atom is -0.497 e. The molecular weight excluding hydrogens is 358 g/mol. The second-order valence-corrected chi connectivity index (χ2v) is 6.89. The minimum atomic E-state index is -0.172. The third-order valence-corrected chi connectivity index (χ3v) is 4.58. The van der Waals surface area contributed by atoms with Gasteiger partial charge in [0.1, 0.15) is 5.75 Å². The van der Waals surface area contributed by atoms with Crippen LogP contribution in [-0.4, -0.2) is 18.0 Å². The van der Waals surface area contributed by atoms with Crippen LogP contribution in [0.5, 0.6) is 5.75 Å². The Kier molecular flexibility index (Phi) is 5.53. The number of ether oxygens (including phenoxy) is 1. The quantitative estimate of drug-likeness (QED) is 0.659. The first kappa shape index (κ1) is 17.3. The molecule has 7 heteroatoms. The zero-order chi connectivity index (χ0) is 17.6. The van der Waals surface area contributed by atoms with Crippen molar-refractivity contribution < 1.29 is 9.53 Å². The Labute approximate surface area is 154 Å². The van der Waals surface area contributed by atoms with Crippen LogP contribution < -0.4 is 15.4 Å². The number of anilines is 2. The van der Waals surface area contributed by atoms with Gasteiger partial charge in [0, 0.05) is 28.0 Å². The second kappa shape index (κ2) is 8.00. The van der Waals surface area contributed by atoms with Gasteiger partial charge in [-0.3, -0.25) is 4.79 Å². The smallest absolute Gasteiger partial charge is 0.255 e. The van der Waals surface area contributed by atoms with Crippen molar-refractivity contribution in [3.63, 3.8) is 0 Å². The molecule has 2 aromatic carbocycles. The highest BCUT2D eigenvalue weighted by Gasteiger charge is 2.07. The highest BCUT2D eigenvalue weighted by Crippen LogP contribution is 2.20. The van der Waals surface area contributed by atoms with Crippen molar-refractivity contribution in [1.29, 1.82) is 0 Å². The molecule has 0 saturated carbocycles. The molecule has 3 aromatic rings. The Hall–Kier alpha value is -2.57. The molecular formula is C18H16ClN3O2S. The first-order valence-electron chi connectivity index (χ1n) is 7.53. The fourth-order valence-electron chi connectivity index (χ4n) is 2.20. The van der Waals surface area contributed by atoms with Gasteiger partial charge in [0.05, 0.1) is 13.7 Å². The van der Waals surface area contributed by atoms with E-state index >= 15 is 0 Å². The van der Waals surface area contributed by atoms with E-state index in [1.165, 1.54) is 11.3 Å². The van der Waals surface area contributed by atoms with E-state index in [-0.39, 0.29) is 5.91 Å². The number of hydrogen-bond acceptors (Lipinski definition) is 5. The lowest BCUT2D eigenvalue weighted by atomic mass is 10.2. The summed E-state index contributed by atoms with van der Waals surface area (Å²) in [5.41, 5.74) is 2.14. The summed E-state index contributed by atoms with van der Waals surface area (Å²) in [6, 6.07) is 14.5. The Morgan fingerprint density at radius 1 is 1.20 bits per heavy atom. The Morgan fingerprint density at radius 2 is 2.00 bits per heavy atom. The summed E-state index contributed by atoms with van der Waals surface area (Å²) in [5, 5.41) is 6.13. The number of amides is 1. The number of aromatic nitrogens is 1. The summed E-state index contributed by atoms with van der Waals surface area (Å²) < 4.78 is 5.62. The molecule has 1 amide bonds. The molecule has 2 N–H and O–H groups in total. The number of carbonyl (C=O) groups is 1. The number of benzene rings is 2. The summed E-state index contributed by atoms with van der Waals surface area (Å²) >= 11 is 7.25. The molecule has 0 saturated heterocycles. The topological polar surface area (TPSA) is 63.2 Å². The van der Waals surface area contributed by atoms with E-state index in [1.807, 2.05) is 18.2 Å². The zero-order valence-electron chi connectivity index (χ0n) is 13.5. The summed E-state index contributed by atoms with van der Waals surface area (Å²) in [7, 11) is 1.60. The highest BCUT2D eigenvalue weighted by atomic mass is 35.5. The molecule has 5 nitrogen and oxygen atoms in total. The molecule has 0 aliphatic carbocycles. The maximum Gasteiger partial charge on any atom is 0.255 e. The van der Waals surface area contributed by atoms with E-state index in [2.05, 4.69) is 15.6 Å². The Balaban J connectivity index is 1.64. The molecule has 0 unspecified atom stereocenters. The van der Waals surface area contributed by atoms with Gasteiger partial charge in [0.2, 0.25) is 0 Å². The molecule has 25 heavy (non-hydrogen) atoms. The van der Waals surface area contributed by atoms with Crippen LogP contribution in [0.2, 0.25) is 4.47 Å². The van der Waals surface area contributed by atoms with E-state index in [1.54, 1.807) is 43.6 Å². The van der Waals surface area contributed by atoms with E-state index in [9.17, 15) is 4.79 Å². The number of nitrogens with one attached hydrogen (secondary N) is 2. The lowest BCUT2D eigenvalue weighted by Crippen LogP contribution is -2.12. The van der Waals surface area contributed by atoms with Gasteiger partial charge in [-0.15, -0.1) is 11.3 Å². The number of nitrogens with zero attached hydrogens (tertiary/aromatic N) is 1. The van der Waals surface area contributed by atoms with Crippen LogP contribution in [0, 0.1) is 0 Å². The van der Waals surface area contributed by atoms with Crippen LogP contribution in [0.1, 0.15) is 15.2 Å². The van der Waals surface area contributed by atoms with Gasteiger partial charge in [0.15, 0.2) is 4.47 Å². The number of halogens is 1. The predicted octanol–water partition coefficient (Wildman–Crippen LogP) is 4.67. The average molecular weight is 374 g/mol. The number of thiazole rings is 1. The molecule has 0 radical (unpaired) electrons. The zero-order valence-corrected chi connectivity index (χ0v) is 15.0. The maximum absolute atomic E-state index is 12.4. The van der Waals surface area contributed by atoms with Crippen LogP contribution in [0.4, 0.5) is 11.4 Å². The maximum atomic E-state index is 12.4. The first-order chi connectivity index (χ1) is 12.1. The molecule has 0 spiro atoms. The molecule has 3 rings (SSSR count). The van der Waals surface area contributed by atoms with Crippen molar-refractivity contribution in [1.82, 2.24) is 4.98 Å². The molecule has 1 aromatic heterocycles. The van der Waals surface area contributed by atoms with Crippen LogP contribution in [0.3, 0.4) is 0 Å². The Morgan fingerprint density at radius 3 is 2.68 bits per heavy atom. The largest absolute Gasteiger partial charge is 0.497 e. The predicted molar refractivity (Wildman–Crippen MR) is 102 cm³/mol. The standard InChI is InChI=1S/C18H16ClN3O2S/c1-24-15-7-5-13(6-8-15)22-17(23)12-3-2-4-14(9-12)20-10-16-11-21-18(19)25-16/h2-9,11,20H,10H2,1H3,(H,22,23). The molecule has 0 aliphatic heterocycles. The van der Waals surface area contributed by atoms with Crippen LogP contribution in [0.15, 0.2) is 54.7 Å². The molecule has 128 valence electrons. The lowest BCUT2D eigenvalue weighted by molar-refractivity contribution is 0.102. The van der Waals surface area contributed by atoms with Crippen LogP contribution >= 0.6 is 22.9 Å². The van der Waals surface area contributed by atoms with E-state index in [0.717, 1.165) is 16.3 Å². The van der Waals surface area contributed by atoms with Crippen molar-refractivity contribution in [2.45, 2.75) is 6.54 Å². The van der Waals surface area contributed by atoms with Crippen molar-refractivity contribution >= 4 is 40.2 Å². The van der Waals surface area contributed by atoms with Gasteiger partial charge in [-0.2, -0.15) is 0 Å². The van der Waals surface area contributed by atoms with Gasteiger partial charge in [-0.1, -0.05) is 17.7 Å². The normalized spacial score (nSPS) is 10.3. The van der Waals surface area contributed by atoms with Crippen molar-refractivity contribution in [3.8, 4) is 5.75 Å². The summed E-state index contributed by atoms with van der Waals surface area (Å²) in [5.74, 6) is 0.571. The molecule has 0 aliphatic rings. The number of rotatable bonds is 6. The number of carbonyl (C=O) groups excluding carboxylic acids is 1. The van der Waals surface area contributed by atoms with Crippen molar-refractivity contribution in [2.75, 3.05) is 17.7 Å². The van der Waals surface area contributed by atoms with Crippen molar-refractivity contribution in [3.05, 3.63) is 69.6 Å². The Bertz CT molecular complexity index is 865. The molecule has 1 heterocycles. The van der Waals surface area contributed by atoms with E-state index in [4.69, 9.17) is 16.3 Å². The molecule has 0 atom stereocenters. The average Bonchev–Trinajstić information content (AvgIpc) is 3.06. The van der Waals surface area contributed by atoms with Crippen LogP contribution in [0.25, 0.3) is 0 Å². The fraction of sp³-hybridized carbons (Fsp3) is 0.111. The third-order valence-electron chi connectivity index (χ3n) is 3.46. The van der Waals surface area contributed by atoms with Gasteiger partial charge < -0.3 is 15.4 Å². The number of hydrogen-bond donors (Lipinski definition) is 2. The molecule has 0 bridgehead atoms. The minimum absolute atomic E-state index is 0.172. The lowest BCUT2D eigenvalue weighted by Gasteiger charge is -2.09. The summed E-state index contributed by atoms with van der Waals surface area (Å²) in [4.78, 5) is 17.4. The second-order valence-electron chi connectivity index (χ2n) is 5.20. The van der Waals surface area contributed by atoms with E-state index in [0.29, 0.717) is 22.3 Å². The monoisotopic (exact) mass is 373 g/mol. The summed E-state index contributed by atoms with van der Waals surface area (Å²) in [6.45, 7) is 0.605. The van der Waals surface area contributed by atoms with Gasteiger partial charge in [-0.25, -0.2) is 4.98 Å². The van der Waals surface area contributed by atoms with Gasteiger partial charge >= 0.3 is 0 Å². The summed E-state index contributed by atoms with van der Waals surface area (Å²) in [6.07, 6.45) is 1.74.